The van der Waals surface area contributed by atoms with E-state index in [2.05, 4.69) is 11.4 Å². The highest BCUT2D eigenvalue weighted by Crippen LogP contribution is 2.34. The Morgan fingerprint density at radius 3 is 2.81 bits per heavy atom. The van der Waals surface area contributed by atoms with Gasteiger partial charge in [-0.15, -0.1) is 0 Å². The smallest absolute Gasteiger partial charge is 0.153 e. The summed E-state index contributed by atoms with van der Waals surface area (Å²) in [5.74, 6) is 0. The molecule has 92 valence electrons. The lowest BCUT2D eigenvalue weighted by Gasteiger charge is -2.28. The number of aliphatic hydroxyl groups is 1. The lowest BCUT2D eigenvalue weighted by atomic mass is 9.99. The number of nitriles is 1. The normalized spacial score (nSPS) is 30.2. The predicted octanol–water partition coefficient (Wildman–Crippen LogP) is -0.182. The van der Waals surface area contributed by atoms with Gasteiger partial charge in [-0.05, 0) is 32.2 Å². The molecule has 5 nitrogen and oxygen atoms in total. The number of sulfone groups is 1. The number of hydrogen-bond acceptors (Lipinski definition) is 5. The van der Waals surface area contributed by atoms with E-state index < -0.39 is 20.6 Å². The minimum Gasteiger partial charge on any atom is -0.396 e. The van der Waals surface area contributed by atoms with E-state index in [9.17, 15) is 13.7 Å². The fraction of sp³-hybridized carbons (Fsp3) is 0.900. The molecule has 0 radical (unpaired) electrons. The Morgan fingerprint density at radius 2 is 2.31 bits per heavy atom. The average molecular weight is 246 g/mol. The molecule has 0 saturated heterocycles. The number of nitrogens with one attached hydrogen (secondary N) is 1. The van der Waals surface area contributed by atoms with Crippen molar-refractivity contribution in [1.29, 1.82) is 5.26 Å². The molecule has 0 amide bonds. The van der Waals surface area contributed by atoms with Crippen LogP contribution in [0.25, 0.3) is 0 Å². The molecule has 0 spiro atoms. The second-order valence-corrected chi connectivity index (χ2v) is 6.53. The van der Waals surface area contributed by atoms with Crippen molar-refractivity contribution in [2.24, 2.45) is 0 Å². The van der Waals surface area contributed by atoms with Crippen LogP contribution in [-0.2, 0) is 9.84 Å². The van der Waals surface area contributed by atoms with Gasteiger partial charge in [-0.1, -0.05) is 0 Å². The molecular weight excluding hydrogens is 228 g/mol. The fourth-order valence-electron chi connectivity index (χ4n) is 2.31. The molecule has 2 N–H and O–H groups in total. The predicted molar refractivity (Wildman–Crippen MR) is 60.5 cm³/mol. The first kappa shape index (κ1) is 13.4. The minimum absolute atomic E-state index is 0.0397. The summed E-state index contributed by atoms with van der Waals surface area (Å²) in [4.78, 5) is 0. The van der Waals surface area contributed by atoms with Crippen molar-refractivity contribution in [2.45, 2.75) is 36.5 Å². The number of nitrogens with zero attached hydrogens (tertiary/aromatic N) is 1. The van der Waals surface area contributed by atoms with E-state index in [1.807, 2.05) is 0 Å². The van der Waals surface area contributed by atoms with Gasteiger partial charge >= 0.3 is 0 Å². The van der Waals surface area contributed by atoms with Crippen LogP contribution in [0.15, 0.2) is 0 Å². The summed E-state index contributed by atoms with van der Waals surface area (Å²) in [6, 6.07) is 2.12. The topological polar surface area (TPSA) is 90.2 Å². The molecule has 2 atom stereocenters. The summed E-state index contributed by atoms with van der Waals surface area (Å²) < 4.78 is 23.2. The average Bonchev–Trinajstić information content (AvgIpc) is 2.62. The van der Waals surface area contributed by atoms with Crippen molar-refractivity contribution in [3.8, 4) is 6.07 Å². The van der Waals surface area contributed by atoms with Gasteiger partial charge in [0.05, 0.1) is 11.3 Å². The minimum atomic E-state index is -3.21. The van der Waals surface area contributed by atoms with Crippen LogP contribution in [0.4, 0.5) is 0 Å². The molecule has 0 bridgehead atoms. The SMILES string of the molecule is CS(=O)(=O)C1CCCC1(C#N)NCCCO. The molecule has 1 saturated carbocycles. The summed E-state index contributed by atoms with van der Waals surface area (Å²) in [6.07, 6.45) is 3.56. The second-order valence-electron chi connectivity index (χ2n) is 4.30. The molecule has 1 aliphatic carbocycles. The molecule has 1 rings (SSSR count). The molecule has 2 unspecified atom stereocenters. The van der Waals surface area contributed by atoms with Crippen LogP contribution in [0.1, 0.15) is 25.7 Å². The Labute approximate surface area is 96.4 Å². The van der Waals surface area contributed by atoms with Crippen molar-refractivity contribution >= 4 is 9.84 Å². The quantitative estimate of drug-likeness (QED) is 0.657. The maximum atomic E-state index is 11.6. The highest BCUT2D eigenvalue weighted by atomic mass is 32.2. The van der Waals surface area contributed by atoms with E-state index in [-0.39, 0.29) is 6.61 Å². The summed E-state index contributed by atoms with van der Waals surface area (Å²) in [5, 5.41) is 20.3. The van der Waals surface area contributed by atoms with Gasteiger partial charge in [0.1, 0.15) is 5.54 Å². The maximum absolute atomic E-state index is 11.6. The zero-order valence-electron chi connectivity index (χ0n) is 9.44. The van der Waals surface area contributed by atoms with Crippen LogP contribution in [0.5, 0.6) is 0 Å². The first-order chi connectivity index (χ1) is 7.46. The standard InChI is InChI=1S/C10H18N2O3S/c1-16(14,15)9-4-2-5-10(9,8-11)12-6-3-7-13/h9,12-13H,2-7H2,1H3. The van der Waals surface area contributed by atoms with E-state index in [0.29, 0.717) is 25.8 Å². The summed E-state index contributed by atoms with van der Waals surface area (Å²) in [7, 11) is -3.21. The Hall–Kier alpha value is -0.640. The fourth-order valence-corrected chi connectivity index (χ4v) is 3.89. The van der Waals surface area contributed by atoms with Crippen molar-refractivity contribution < 1.29 is 13.5 Å². The van der Waals surface area contributed by atoms with Crippen LogP contribution >= 0.6 is 0 Å². The van der Waals surface area contributed by atoms with Gasteiger partial charge in [-0.3, -0.25) is 5.32 Å². The van der Waals surface area contributed by atoms with Crippen LogP contribution in [0, 0.1) is 11.3 Å². The summed E-state index contributed by atoms with van der Waals surface area (Å²) >= 11 is 0. The van der Waals surface area contributed by atoms with Gasteiger partial charge in [0.25, 0.3) is 0 Å². The lowest BCUT2D eigenvalue weighted by molar-refractivity contribution is 0.278. The molecule has 16 heavy (non-hydrogen) atoms. The van der Waals surface area contributed by atoms with E-state index >= 15 is 0 Å². The third kappa shape index (κ3) is 2.73. The molecule has 0 aromatic heterocycles. The maximum Gasteiger partial charge on any atom is 0.153 e. The third-order valence-corrected chi connectivity index (χ3v) is 4.75. The van der Waals surface area contributed by atoms with Gasteiger partial charge in [0.15, 0.2) is 9.84 Å². The first-order valence-electron chi connectivity index (χ1n) is 5.42. The Morgan fingerprint density at radius 1 is 1.62 bits per heavy atom. The van der Waals surface area contributed by atoms with Crippen molar-refractivity contribution in [3.63, 3.8) is 0 Å². The monoisotopic (exact) mass is 246 g/mol. The van der Waals surface area contributed by atoms with E-state index in [1.54, 1.807) is 0 Å². The molecule has 0 aliphatic heterocycles. The van der Waals surface area contributed by atoms with E-state index in [4.69, 9.17) is 5.11 Å². The van der Waals surface area contributed by atoms with Gasteiger partial charge in [0, 0.05) is 12.9 Å². The lowest BCUT2D eigenvalue weighted by Crippen LogP contribution is -2.53. The van der Waals surface area contributed by atoms with E-state index in [1.165, 1.54) is 6.26 Å². The van der Waals surface area contributed by atoms with Crippen LogP contribution in [0.3, 0.4) is 0 Å². The van der Waals surface area contributed by atoms with E-state index in [0.717, 1.165) is 6.42 Å². The molecule has 0 heterocycles. The van der Waals surface area contributed by atoms with Crippen molar-refractivity contribution in [2.75, 3.05) is 19.4 Å². The van der Waals surface area contributed by atoms with Crippen molar-refractivity contribution in [1.82, 2.24) is 5.32 Å². The van der Waals surface area contributed by atoms with Crippen LogP contribution in [0.2, 0.25) is 0 Å². The number of rotatable bonds is 5. The molecule has 0 aromatic rings. The zero-order valence-corrected chi connectivity index (χ0v) is 10.3. The Bertz CT molecular complexity index is 374. The molecule has 6 heteroatoms. The largest absolute Gasteiger partial charge is 0.396 e. The molecule has 1 fully saturated rings. The Balaban J connectivity index is 2.82. The van der Waals surface area contributed by atoms with Crippen molar-refractivity contribution in [3.05, 3.63) is 0 Å². The highest BCUT2D eigenvalue weighted by Gasteiger charge is 2.48. The van der Waals surface area contributed by atoms with Crippen LogP contribution in [-0.4, -0.2) is 43.7 Å². The van der Waals surface area contributed by atoms with Crippen LogP contribution < -0.4 is 5.32 Å². The van der Waals surface area contributed by atoms with Gasteiger partial charge in [-0.2, -0.15) is 5.26 Å². The highest BCUT2D eigenvalue weighted by molar-refractivity contribution is 7.91. The third-order valence-electron chi connectivity index (χ3n) is 3.08. The number of aliphatic hydroxyl groups excluding tert-OH is 1. The zero-order chi connectivity index (χ0) is 12.2. The van der Waals surface area contributed by atoms with Gasteiger partial charge < -0.3 is 5.11 Å². The Kier molecular flexibility index (Phi) is 4.30. The summed E-state index contributed by atoms with van der Waals surface area (Å²) in [6.45, 7) is 0.508. The molecule has 1 aliphatic rings. The van der Waals surface area contributed by atoms with Gasteiger partial charge in [0.2, 0.25) is 0 Å². The summed E-state index contributed by atoms with van der Waals surface area (Å²) in [5.41, 5.74) is -0.956. The first-order valence-corrected chi connectivity index (χ1v) is 7.38. The molecular formula is C10H18N2O3S. The number of hydrogen-bond donors (Lipinski definition) is 2. The molecule has 0 aromatic carbocycles. The van der Waals surface area contributed by atoms with Gasteiger partial charge in [-0.25, -0.2) is 8.42 Å². The second kappa shape index (κ2) is 5.13.